The third-order valence-corrected chi connectivity index (χ3v) is 2.74. The van der Waals surface area contributed by atoms with Crippen LogP contribution in [0.3, 0.4) is 0 Å². The molecule has 0 aliphatic carbocycles. The molecule has 3 heteroatoms. The molecule has 1 atom stereocenters. The molecule has 2 nitrogen and oxygen atoms in total. The minimum absolute atomic E-state index is 0.128. The van der Waals surface area contributed by atoms with Crippen molar-refractivity contribution < 1.29 is 9.53 Å². The second-order valence-electron chi connectivity index (χ2n) is 4.32. The van der Waals surface area contributed by atoms with Crippen molar-refractivity contribution in [3.8, 4) is 0 Å². The van der Waals surface area contributed by atoms with Crippen molar-refractivity contribution in [3.63, 3.8) is 0 Å². The van der Waals surface area contributed by atoms with Crippen LogP contribution in [0.2, 0.25) is 12.1 Å². The molecule has 0 aliphatic heterocycles. The molecule has 0 N–H and O–H groups in total. The van der Waals surface area contributed by atoms with Crippen LogP contribution in [0.5, 0.6) is 0 Å². The van der Waals surface area contributed by atoms with Crippen molar-refractivity contribution >= 4 is 13.2 Å². The molecular formula is C11H21BO2. The molecule has 0 aromatic rings. The lowest BCUT2D eigenvalue weighted by atomic mass is 9.55. The van der Waals surface area contributed by atoms with E-state index in [1.165, 1.54) is 7.11 Å². The molecule has 80 valence electrons. The van der Waals surface area contributed by atoms with Gasteiger partial charge in [0.05, 0.1) is 12.5 Å². The van der Waals surface area contributed by atoms with Crippen LogP contribution < -0.4 is 0 Å². The monoisotopic (exact) mass is 196 g/mol. The summed E-state index contributed by atoms with van der Waals surface area (Å²) in [4.78, 5) is 11.4. The summed E-state index contributed by atoms with van der Waals surface area (Å²) in [6.07, 6.45) is 3.90. The van der Waals surface area contributed by atoms with Gasteiger partial charge in [-0.25, -0.2) is 0 Å². The average molecular weight is 196 g/mol. The van der Waals surface area contributed by atoms with Gasteiger partial charge in [0.2, 0.25) is 0 Å². The third-order valence-electron chi connectivity index (χ3n) is 2.74. The second-order valence-corrected chi connectivity index (χ2v) is 4.32. The molecule has 1 unspecified atom stereocenters. The summed E-state index contributed by atoms with van der Waals surface area (Å²) in [5.74, 6) is 0.385. The number of esters is 1. The van der Waals surface area contributed by atoms with Crippen molar-refractivity contribution in [2.24, 2.45) is 5.41 Å². The Balaban J connectivity index is 4.09. The van der Waals surface area contributed by atoms with E-state index in [2.05, 4.69) is 13.5 Å². The maximum atomic E-state index is 11.4. The average Bonchev–Trinajstić information content (AvgIpc) is 2.18. The van der Waals surface area contributed by atoms with Gasteiger partial charge >= 0.3 is 5.97 Å². The Labute approximate surface area is 88.0 Å². The van der Waals surface area contributed by atoms with Crippen molar-refractivity contribution in [2.45, 2.75) is 39.3 Å². The second kappa shape index (κ2) is 5.89. The molecule has 0 fully saturated rings. The predicted molar refractivity (Wildman–Crippen MR) is 62.0 cm³/mol. The smallest absolute Gasteiger partial charge is 0.310 e. The SMILES string of the molecule is C=CC(BCC(C)(C)C(=O)OC)CC. The largest absolute Gasteiger partial charge is 0.469 e. The Kier molecular flexibility index (Phi) is 5.59. The number of hydrogen-bond acceptors (Lipinski definition) is 2. The van der Waals surface area contributed by atoms with Crippen LogP contribution in [0.25, 0.3) is 0 Å². The first-order valence-corrected chi connectivity index (χ1v) is 5.19. The van der Waals surface area contributed by atoms with E-state index in [9.17, 15) is 4.79 Å². The molecule has 0 aromatic carbocycles. The van der Waals surface area contributed by atoms with Crippen molar-refractivity contribution in [1.82, 2.24) is 0 Å². The van der Waals surface area contributed by atoms with E-state index in [4.69, 9.17) is 4.74 Å². The highest BCUT2D eigenvalue weighted by atomic mass is 16.5. The Morgan fingerprint density at radius 1 is 1.64 bits per heavy atom. The topological polar surface area (TPSA) is 26.3 Å². The summed E-state index contributed by atoms with van der Waals surface area (Å²) in [7, 11) is 2.44. The van der Waals surface area contributed by atoms with Crippen LogP contribution in [0.15, 0.2) is 12.7 Å². The number of rotatable bonds is 6. The number of ether oxygens (including phenoxy) is 1. The number of methoxy groups -OCH3 is 1. The van der Waals surface area contributed by atoms with Crippen LogP contribution in [-0.4, -0.2) is 20.4 Å². The summed E-state index contributed by atoms with van der Waals surface area (Å²) >= 11 is 0. The first-order valence-electron chi connectivity index (χ1n) is 5.19. The van der Waals surface area contributed by atoms with Crippen LogP contribution in [-0.2, 0) is 9.53 Å². The van der Waals surface area contributed by atoms with Gasteiger partial charge < -0.3 is 4.74 Å². The third kappa shape index (κ3) is 3.99. The van der Waals surface area contributed by atoms with Gasteiger partial charge in [-0.05, 0) is 5.82 Å². The maximum absolute atomic E-state index is 11.4. The quantitative estimate of drug-likeness (QED) is 0.370. The molecule has 0 aliphatic rings. The highest BCUT2D eigenvalue weighted by Gasteiger charge is 2.28. The van der Waals surface area contributed by atoms with Crippen molar-refractivity contribution in [2.75, 3.05) is 7.11 Å². The summed E-state index contributed by atoms with van der Waals surface area (Å²) in [5, 5.41) is 0. The Hall–Kier alpha value is -0.725. The highest BCUT2D eigenvalue weighted by molar-refractivity contribution is 6.39. The number of carbonyl (C=O) groups excluding carboxylic acids is 1. The van der Waals surface area contributed by atoms with E-state index in [0.29, 0.717) is 5.82 Å². The molecule has 0 radical (unpaired) electrons. The highest BCUT2D eigenvalue weighted by Crippen LogP contribution is 2.25. The fraction of sp³-hybridized carbons (Fsp3) is 0.727. The standard InChI is InChI=1S/C11H21BO2/c1-6-9(7-2)12-8-11(3,4)10(13)14-5/h6,9,12H,1,7-8H2,2-5H3. The zero-order valence-electron chi connectivity index (χ0n) is 9.80. The van der Waals surface area contributed by atoms with Gasteiger partial charge in [-0.15, -0.1) is 6.58 Å². The molecule has 0 saturated carbocycles. The van der Waals surface area contributed by atoms with E-state index >= 15 is 0 Å². The minimum Gasteiger partial charge on any atom is -0.469 e. The molecular weight excluding hydrogens is 175 g/mol. The maximum Gasteiger partial charge on any atom is 0.310 e. The molecule has 0 bridgehead atoms. The van der Waals surface area contributed by atoms with Crippen LogP contribution >= 0.6 is 0 Å². The van der Waals surface area contributed by atoms with Crippen LogP contribution in [0.1, 0.15) is 27.2 Å². The fourth-order valence-corrected chi connectivity index (χ4v) is 1.41. The Morgan fingerprint density at radius 2 is 2.21 bits per heavy atom. The zero-order chi connectivity index (χ0) is 11.2. The molecule has 0 amide bonds. The molecule has 0 heterocycles. The van der Waals surface area contributed by atoms with Gasteiger partial charge in [-0.1, -0.05) is 39.6 Å². The zero-order valence-corrected chi connectivity index (χ0v) is 9.80. The molecule has 0 rings (SSSR count). The van der Waals surface area contributed by atoms with Crippen LogP contribution in [0, 0.1) is 5.41 Å². The normalized spacial score (nSPS) is 13.1. The summed E-state index contributed by atoms with van der Waals surface area (Å²) in [6.45, 7) is 9.77. The predicted octanol–water partition coefficient (Wildman–Crippen LogP) is 2.42. The minimum atomic E-state index is -0.370. The lowest BCUT2D eigenvalue weighted by Crippen LogP contribution is -2.27. The first-order chi connectivity index (χ1) is 6.47. The number of allylic oxidation sites excluding steroid dienone is 1. The first kappa shape index (κ1) is 13.3. The summed E-state index contributed by atoms with van der Waals surface area (Å²) in [6, 6.07) is 0. The number of carbonyl (C=O) groups is 1. The van der Waals surface area contributed by atoms with Crippen LogP contribution in [0.4, 0.5) is 0 Å². The number of hydrogen-bond donors (Lipinski definition) is 0. The van der Waals surface area contributed by atoms with Gasteiger partial charge in [0, 0.05) is 0 Å². The van der Waals surface area contributed by atoms with Gasteiger partial charge in [-0.2, -0.15) is 0 Å². The lowest BCUT2D eigenvalue weighted by molar-refractivity contribution is -0.149. The van der Waals surface area contributed by atoms with Gasteiger partial charge in [0.25, 0.3) is 0 Å². The Morgan fingerprint density at radius 3 is 2.57 bits per heavy atom. The molecule has 0 saturated heterocycles. The lowest BCUT2D eigenvalue weighted by Gasteiger charge is -2.22. The summed E-state index contributed by atoms with van der Waals surface area (Å²) < 4.78 is 4.75. The molecule has 0 spiro atoms. The molecule has 0 aromatic heterocycles. The van der Waals surface area contributed by atoms with Gasteiger partial charge in [0.15, 0.2) is 0 Å². The van der Waals surface area contributed by atoms with Gasteiger partial charge in [-0.3, -0.25) is 4.79 Å². The van der Waals surface area contributed by atoms with Crippen molar-refractivity contribution in [1.29, 1.82) is 0 Å². The van der Waals surface area contributed by atoms with E-state index in [0.717, 1.165) is 20.0 Å². The molecule has 14 heavy (non-hydrogen) atoms. The summed E-state index contributed by atoms with van der Waals surface area (Å²) in [5.41, 5.74) is -0.370. The van der Waals surface area contributed by atoms with E-state index in [-0.39, 0.29) is 11.4 Å². The van der Waals surface area contributed by atoms with E-state index in [1.807, 2.05) is 19.9 Å². The van der Waals surface area contributed by atoms with Gasteiger partial charge in [0.1, 0.15) is 7.28 Å². The van der Waals surface area contributed by atoms with E-state index < -0.39 is 0 Å². The van der Waals surface area contributed by atoms with Crippen molar-refractivity contribution in [3.05, 3.63) is 12.7 Å². The van der Waals surface area contributed by atoms with E-state index in [1.54, 1.807) is 0 Å². The fourth-order valence-electron chi connectivity index (χ4n) is 1.41. The Bertz CT molecular complexity index is 199.